The van der Waals surface area contributed by atoms with Crippen LogP contribution in [0.1, 0.15) is 25.5 Å². The Hall–Kier alpha value is -2.97. The van der Waals surface area contributed by atoms with Crippen LogP contribution in [0.5, 0.6) is 0 Å². The highest BCUT2D eigenvalue weighted by Gasteiger charge is 2.60. The maximum Gasteiger partial charge on any atom is 0.269 e. The van der Waals surface area contributed by atoms with E-state index in [2.05, 4.69) is 0 Å². The Morgan fingerprint density at radius 2 is 1.79 bits per heavy atom. The maximum atomic E-state index is 13.1. The summed E-state index contributed by atoms with van der Waals surface area (Å²) in [6.07, 6.45) is -0.982. The number of imide groups is 1. The second kappa shape index (κ2) is 7.13. The predicted octanol–water partition coefficient (Wildman–Crippen LogP) is 3.50. The Balaban J connectivity index is 1.82. The Kier molecular flexibility index (Phi) is 4.76. The third-order valence-corrected chi connectivity index (χ3v) is 5.42. The average Bonchev–Trinajstić information content (AvgIpc) is 3.19. The number of anilines is 1. The fourth-order valence-electron chi connectivity index (χ4n) is 3.92. The van der Waals surface area contributed by atoms with Gasteiger partial charge in [-0.05, 0) is 43.7 Å². The van der Waals surface area contributed by atoms with E-state index < -0.39 is 28.9 Å². The maximum absolute atomic E-state index is 13.1. The number of halogens is 1. The second-order valence-electron chi connectivity index (χ2n) is 7.29. The highest BCUT2D eigenvalue weighted by molar-refractivity contribution is 6.30. The number of non-ortho nitro benzene ring substituents is 1. The van der Waals surface area contributed by atoms with E-state index >= 15 is 0 Å². The number of carbonyl (C=O) groups is 2. The zero-order valence-corrected chi connectivity index (χ0v) is 16.4. The molecule has 2 amide bonds. The Bertz CT molecular complexity index is 994. The van der Waals surface area contributed by atoms with E-state index in [0.717, 1.165) is 0 Å². The van der Waals surface area contributed by atoms with Gasteiger partial charge in [-0.15, -0.1) is 0 Å². The number of nitro benzene ring substituents is 1. The summed E-state index contributed by atoms with van der Waals surface area (Å²) in [7, 11) is 0. The molecule has 0 N–H and O–H groups in total. The number of likely N-dealkylation sites (tertiary alicyclic amines) is 1. The molecule has 2 aromatic rings. The van der Waals surface area contributed by atoms with Gasteiger partial charge in [-0.2, -0.15) is 0 Å². The zero-order valence-electron chi connectivity index (χ0n) is 15.7. The molecule has 9 heteroatoms. The molecule has 0 radical (unpaired) electrons. The van der Waals surface area contributed by atoms with Gasteiger partial charge in [0.05, 0.1) is 16.7 Å². The lowest BCUT2D eigenvalue weighted by Gasteiger charge is -2.29. The van der Waals surface area contributed by atoms with Crippen molar-refractivity contribution in [1.82, 2.24) is 4.90 Å². The first-order valence-corrected chi connectivity index (χ1v) is 9.50. The third-order valence-electron chi connectivity index (χ3n) is 5.17. The molecule has 0 bridgehead atoms. The van der Waals surface area contributed by atoms with Gasteiger partial charge in [0, 0.05) is 23.2 Å². The Morgan fingerprint density at radius 1 is 1.10 bits per heavy atom. The van der Waals surface area contributed by atoms with E-state index in [0.29, 0.717) is 16.3 Å². The first-order chi connectivity index (χ1) is 13.8. The Labute approximate surface area is 171 Å². The van der Waals surface area contributed by atoms with Crippen LogP contribution in [-0.4, -0.2) is 33.8 Å². The van der Waals surface area contributed by atoms with Crippen molar-refractivity contribution in [2.24, 2.45) is 5.92 Å². The largest absolute Gasteiger partial charge is 0.277 e. The van der Waals surface area contributed by atoms with Crippen molar-refractivity contribution in [2.75, 3.05) is 5.06 Å². The van der Waals surface area contributed by atoms with Crippen molar-refractivity contribution >= 4 is 34.8 Å². The van der Waals surface area contributed by atoms with E-state index in [9.17, 15) is 19.7 Å². The van der Waals surface area contributed by atoms with Gasteiger partial charge in [-0.25, -0.2) is 5.06 Å². The number of hydroxylamine groups is 1. The molecule has 0 spiro atoms. The van der Waals surface area contributed by atoms with E-state index in [-0.39, 0.29) is 17.6 Å². The van der Waals surface area contributed by atoms with Crippen molar-refractivity contribution in [3.63, 3.8) is 0 Å². The minimum atomic E-state index is -0.982. The standard InChI is InChI=1S/C20H18ClN3O5/c1-11(2)22-19(25)16-17(12-4-3-5-15(10-12)24(27)28)23(29-18(16)20(22)26)14-8-6-13(21)7-9-14/h3-11,16-18H,1-2H3/t16-,17-,18-/m1/s1. The van der Waals surface area contributed by atoms with E-state index in [1.54, 1.807) is 50.2 Å². The molecule has 2 saturated heterocycles. The summed E-state index contributed by atoms with van der Waals surface area (Å²) in [5.41, 5.74) is 1.02. The molecule has 3 atom stereocenters. The summed E-state index contributed by atoms with van der Waals surface area (Å²) in [6, 6.07) is 11.8. The number of amides is 2. The molecule has 2 aromatic carbocycles. The monoisotopic (exact) mass is 415 g/mol. The van der Waals surface area contributed by atoms with Crippen LogP contribution in [-0.2, 0) is 14.4 Å². The molecule has 150 valence electrons. The van der Waals surface area contributed by atoms with Crippen LogP contribution < -0.4 is 5.06 Å². The van der Waals surface area contributed by atoms with Gasteiger partial charge in [-0.3, -0.25) is 29.4 Å². The number of hydrogen-bond acceptors (Lipinski definition) is 6. The summed E-state index contributed by atoms with van der Waals surface area (Å²) < 4.78 is 0. The molecule has 2 aliphatic heterocycles. The molecule has 2 heterocycles. The summed E-state index contributed by atoms with van der Waals surface area (Å²) in [4.78, 5) is 43.9. The highest BCUT2D eigenvalue weighted by atomic mass is 35.5. The van der Waals surface area contributed by atoms with Crippen LogP contribution >= 0.6 is 11.6 Å². The van der Waals surface area contributed by atoms with Crippen molar-refractivity contribution < 1.29 is 19.3 Å². The van der Waals surface area contributed by atoms with Crippen LogP contribution in [0.3, 0.4) is 0 Å². The van der Waals surface area contributed by atoms with Crippen molar-refractivity contribution in [2.45, 2.75) is 32.0 Å². The van der Waals surface area contributed by atoms with Crippen LogP contribution in [0.25, 0.3) is 0 Å². The van der Waals surface area contributed by atoms with Gasteiger partial charge >= 0.3 is 0 Å². The molecular formula is C20H18ClN3O5. The fourth-order valence-corrected chi connectivity index (χ4v) is 4.04. The molecule has 0 saturated carbocycles. The molecule has 0 aliphatic carbocycles. The van der Waals surface area contributed by atoms with Gasteiger partial charge in [0.15, 0.2) is 6.10 Å². The fraction of sp³-hybridized carbons (Fsp3) is 0.300. The van der Waals surface area contributed by atoms with E-state index in [1.807, 2.05) is 0 Å². The lowest BCUT2D eigenvalue weighted by molar-refractivity contribution is -0.384. The molecule has 2 aliphatic rings. The SMILES string of the molecule is CC(C)N1C(=O)[C@@H]2[C@@H](c3cccc([N+](=O)[O-])c3)N(c3ccc(Cl)cc3)O[C@H]2C1=O. The number of nitrogens with zero attached hydrogens (tertiary/aromatic N) is 3. The lowest BCUT2D eigenvalue weighted by atomic mass is 9.90. The topological polar surface area (TPSA) is 93.0 Å². The van der Waals surface area contributed by atoms with Crippen molar-refractivity contribution in [3.8, 4) is 0 Å². The van der Waals surface area contributed by atoms with Crippen LogP contribution in [0.4, 0.5) is 11.4 Å². The van der Waals surface area contributed by atoms with Crippen LogP contribution in [0.15, 0.2) is 48.5 Å². The number of rotatable bonds is 4. The van der Waals surface area contributed by atoms with Crippen LogP contribution in [0.2, 0.25) is 5.02 Å². The summed E-state index contributed by atoms with van der Waals surface area (Å²) in [6.45, 7) is 3.52. The molecular weight excluding hydrogens is 398 g/mol. The summed E-state index contributed by atoms with van der Waals surface area (Å²) >= 11 is 5.97. The Morgan fingerprint density at radius 3 is 2.41 bits per heavy atom. The predicted molar refractivity (Wildman–Crippen MR) is 105 cm³/mol. The normalized spacial score (nSPS) is 23.8. The number of carbonyl (C=O) groups excluding carboxylic acids is 2. The number of hydrogen-bond donors (Lipinski definition) is 0. The summed E-state index contributed by atoms with van der Waals surface area (Å²) in [5.74, 6) is -1.55. The van der Waals surface area contributed by atoms with Gasteiger partial charge in [0.25, 0.3) is 11.6 Å². The minimum Gasteiger partial charge on any atom is -0.277 e. The van der Waals surface area contributed by atoms with Gasteiger partial charge < -0.3 is 0 Å². The zero-order chi connectivity index (χ0) is 20.9. The lowest BCUT2D eigenvalue weighted by Crippen LogP contribution is -2.41. The second-order valence-corrected chi connectivity index (χ2v) is 7.73. The number of benzene rings is 2. The van der Waals surface area contributed by atoms with Crippen molar-refractivity contribution in [3.05, 3.63) is 69.2 Å². The van der Waals surface area contributed by atoms with Gasteiger partial charge in [0.2, 0.25) is 5.91 Å². The number of nitro groups is 1. The van der Waals surface area contributed by atoms with Gasteiger partial charge in [-0.1, -0.05) is 23.7 Å². The van der Waals surface area contributed by atoms with Gasteiger partial charge in [0.1, 0.15) is 5.92 Å². The van der Waals surface area contributed by atoms with Crippen LogP contribution in [0, 0.1) is 16.0 Å². The first kappa shape index (κ1) is 19.4. The third kappa shape index (κ3) is 3.14. The quantitative estimate of drug-likeness (QED) is 0.431. The molecule has 8 nitrogen and oxygen atoms in total. The number of fused-ring (bicyclic) bond motifs is 1. The summed E-state index contributed by atoms with van der Waals surface area (Å²) in [5, 5.41) is 13.3. The average molecular weight is 416 g/mol. The minimum absolute atomic E-state index is 0.0977. The molecule has 2 fully saturated rings. The smallest absolute Gasteiger partial charge is 0.269 e. The van der Waals surface area contributed by atoms with E-state index in [4.69, 9.17) is 16.4 Å². The molecule has 0 aromatic heterocycles. The highest BCUT2D eigenvalue weighted by Crippen LogP contribution is 2.47. The molecule has 29 heavy (non-hydrogen) atoms. The van der Waals surface area contributed by atoms with E-state index in [1.165, 1.54) is 22.1 Å². The molecule has 0 unspecified atom stereocenters. The molecule has 4 rings (SSSR count). The first-order valence-electron chi connectivity index (χ1n) is 9.12. The van der Waals surface area contributed by atoms with Crippen molar-refractivity contribution in [1.29, 1.82) is 0 Å².